The maximum atomic E-state index is 12.2. The normalized spacial score (nSPS) is 13.7. The summed E-state index contributed by atoms with van der Waals surface area (Å²) in [4.78, 5) is 38.8. The second-order valence-electron chi connectivity index (χ2n) is 9.39. The molecular formula is C24H54N10O3. The zero-order chi connectivity index (χ0) is 27.9. The predicted octanol–water partition coefficient (Wildman–Crippen LogP) is -2.99. The molecule has 3 unspecified atom stereocenters. The van der Waals surface area contributed by atoms with Gasteiger partial charge in [0.2, 0.25) is 17.7 Å². The van der Waals surface area contributed by atoms with Crippen molar-refractivity contribution in [1.29, 1.82) is 0 Å². The number of hydrogen-bond donors (Lipinski definition) is 9. The summed E-state index contributed by atoms with van der Waals surface area (Å²) < 4.78 is 0. The topological polar surface area (TPSA) is 247 Å². The number of rotatable bonds is 24. The SMILES string of the molecule is NCCCCC(N)C(=O)NCCN(CCNC(=O)C(N)CCCCN)CCNC(=O)C(N)CCCCN. The van der Waals surface area contributed by atoms with Gasteiger partial charge in [-0.25, -0.2) is 0 Å². The molecule has 0 aromatic rings. The summed E-state index contributed by atoms with van der Waals surface area (Å²) in [5, 5.41) is 8.58. The van der Waals surface area contributed by atoms with E-state index in [2.05, 4.69) is 16.0 Å². The molecule has 0 saturated carbocycles. The predicted molar refractivity (Wildman–Crippen MR) is 148 cm³/mol. The molecule has 3 amide bonds. The van der Waals surface area contributed by atoms with Gasteiger partial charge in [-0.1, -0.05) is 19.3 Å². The van der Waals surface area contributed by atoms with E-state index in [-0.39, 0.29) is 17.7 Å². The molecule has 37 heavy (non-hydrogen) atoms. The average molecular weight is 531 g/mol. The van der Waals surface area contributed by atoms with E-state index in [1.165, 1.54) is 0 Å². The molecule has 15 N–H and O–H groups in total. The minimum atomic E-state index is -0.569. The monoisotopic (exact) mass is 530 g/mol. The number of nitrogens with two attached hydrogens (primary N) is 6. The molecule has 0 bridgehead atoms. The van der Waals surface area contributed by atoms with E-state index in [9.17, 15) is 14.4 Å². The number of nitrogens with zero attached hydrogens (tertiary/aromatic N) is 1. The molecule has 0 aromatic carbocycles. The molecule has 0 spiro atoms. The maximum Gasteiger partial charge on any atom is 0.236 e. The molecule has 13 heteroatoms. The lowest BCUT2D eigenvalue weighted by atomic mass is 10.1. The van der Waals surface area contributed by atoms with Crippen LogP contribution in [0, 0.1) is 0 Å². The van der Waals surface area contributed by atoms with E-state index in [1.807, 2.05) is 4.90 Å². The summed E-state index contributed by atoms with van der Waals surface area (Å²) in [7, 11) is 0. The molecule has 13 nitrogen and oxygen atoms in total. The molecular weight excluding hydrogens is 476 g/mol. The largest absolute Gasteiger partial charge is 0.353 e. The zero-order valence-corrected chi connectivity index (χ0v) is 22.6. The summed E-state index contributed by atoms with van der Waals surface area (Å²) in [6.45, 7) is 4.48. The van der Waals surface area contributed by atoms with Crippen molar-refractivity contribution in [3.8, 4) is 0 Å². The minimum absolute atomic E-state index is 0.203. The highest BCUT2D eigenvalue weighted by molar-refractivity contribution is 5.82. The first kappa shape index (κ1) is 35.1. The van der Waals surface area contributed by atoms with Crippen molar-refractivity contribution in [1.82, 2.24) is 20.9 Å². The smallest absolute Gasteiger partial charge is 0.236 e. The van der Waals surface area contributed by atoms with Crippen molar-refractivity contribution >= 4 is 17.7 Å². The Hall–Kier alpha value is -1.87. The van der Waals surface area contributed by atoms with Gasteiger partial charge >= 0.3 is 0 Å². The summed E-state index contributed by atoms with van der Waals surface area (Å²) in [6, 6.07) is -1.71. The Morgan fingerprint density at radius 1 is 0.514 bits per heavy atom. The quantitative estimate of drug-likeness (QED) is 0.0572. The van der Waals surface area contributed by atoms with Gasteiger partial charge in [0.1, 0.15) is 0 Å². The second kappa shape index (κ2) is 23.3. The van der Waals surface area contributed by atoms with Gasteiger partial charge in [-0.3, -0.25) is 19.3 Å². The van der Waals surface area contributed by atoms with E-state index >= 15 is 0 Å². The fourth-order valence-corrected chi connectivity index (χ4v) is 3.66. The number of carbonyl (C=O) groups is 3. The van der Waals surface area contributed by atoms with Gasteiger partial charge in [0.25, 0.3) is 0 Å². The van der Waals surface area contributed by atoms with Gasteiger partial charge in [0.05, 0.1) is 18.1 Å². The number of hydrogen-bond acceptors (Lipinski definition) is 10. The Morgan fingerprint density at radius 2 is 0.784 bits per heavy atom. The van der Waals surface area contributed by atoms with Gasteiger partial charge < -0.3 is 50.4 Å². The van der Waals surface area contributed by atoms with Crippen molar-refractivity contribution < 1.29 is 14.4 Å². The Labute approximate surface area is 222 Å². The lowest BCUT2D eigenvalue weighted by Gasteiger charge is -2.24. The van der Waals surface area contributed by atoms with Gasteiger partial charge in [-0.15, -0.1) is 0 Å². The molecule has 0 radical (unpaired) electrons. The van der Waals surface area contributed by atoms with Gasteiger partial charge in [-0.05, 0) is 58.2 Å². The van der Waals surface area contributed by atoms with E-state index in [0.717, 1.165) is 38.5 Å². The molecule has 0 aliphatic carbocycles. The molecule has 3 atom stereocenters. The lowest BCUT2D eigenvalue weighted by molar-refractivity contribution is -0.123. The molecule has 0 rings (SSSR count). The van der Waals surface area contributed by atoms with Crippen molar-refractivity contribution in [3.05, 3.63) is 0 Å². The van der Waals surface area contributed by atoms with Crippen molar-refractivity contribution in [2.75, 3.05) is 58.9 Å². The molecule has 0 heterocycles. The lowest BCUT2D eigenvalue weighted by Crippen LogP contribution is -2.48. The van der Waals surface area contributed by atoms with Gasteiger partial charge in [0.15, 0.2) is 0 Å². The first-order chi connectivity index (χ1) is 17.8. The average Bonchev–Trinajstić information content (AvgIpc) is 2.88. The van der Waals surface area contributed by atoms with Crippen LogP contribution in [0.5, 0.6) is 0 Å². The molecule has 0 aliphatic rings. The van der Waals surface area contributed by atoms with Crippen LogP contribution in [0.1, 0.15) is 57.8 Å². The minimum Gasteiger partial charge on any atom is -0.353 e. The number of unbranched alkanes of at least 4 members (excludes halogenated alkanes) is 3. The molecule has 0 aliphatic heterocycles. The van der Waals surface area contributed by atoms with Crippen LogP contribution in [0.25, 0.3) is 0 Å². The van der Waals surface area contributed by atoms with Crippen LogP contribution in [0.3, 0.4) is 0 Å². The van der Waals surface area contributed by atoms with E-state index in [0.29, 0.717) is 78.2 Å². The highest BCUT2D eigenvalue weighted by Gasteiger charge is 2.16. The van der Waals surface area contributed by atoms with Crippen LogP contribution in [0.15, 0.2) is 0 Å². The maximum absolute atomic E-state index is 12.2. The Bertz CT molecular complexity index is 530. The van der Waals surface area contributed by atoms with Gasteiger partial charge in [0, 0.05) is 39.3 Å². The summed E-state index contributed by atoms with van der Waals surface area (Å²) >= 11 is 0. The highest BCUT2D eigenvalue weighted by atomic mass is 16.2. The molecule has 0 aromatic heterocycles. The first-order valence-electron chi connectivity index (χ1n) is 13.7. The molecule has 0 fully saturated rings. The number of carbonyl (C=O) groups excluding carboxylic acids is 3. The zero-order valence-electron chi connectivity index (χ0n) is 22.6. The summed E-state index contributed by atoms with van der Waals surface area (Å²) in [5.41, 5.74) is 34.3. The van der Waals surface area contributed by atoms with Crippen molar-refractivity contribution in [2.45, 2.75) is 75.9 Å². The fourth-order valence-electron chi connectivity index (χ4n) is 3.66. The Morgan fingerprint density at radius 3 is 1.03 bits per heavy atom. The van der Waals surface area contributed by atoms with Gasteiger partial charge in [-0.2, -0.15) is 0 Å². The van der Waals surface area contributed by atoms with E-state index in [1.54, 1.807) is 0 Å². The molecule has 0 saturated heterocycles. The van der Waals surface area contributed by atoms with E-state index < -0.39 is 18.1 Å². The molecule has 218 valence electrons. The van der Waals surface area contributed by atoms with Crippen LogP contribution >= 0.6 is 0 Å². The fraction of sp³-hybridized carbons (Fsp3) is 0.875. The van der Waals surface area contributed by atoms with E-state index in [4.69, 9.17) is 34.4 Å². The third kappa shape index (κ3) is 18.9. The standard InChI is InChI=1S/C24H54N10O3/c25-10-4-1-7-19(28)22(35)31-13-16-34(17-14-32-23(36)20(29)8-2-5-11-26)18-15-33-24(37)21(30)9-3-6-12-27/h19-21H,1-18,25-30H2,(H,31,35)(H,32,36)(H,33,37). The second-order valence-corrected chi connectivity index (χ2v) is 9.39. The van der Waals surface area contributed by atoms with Crippen LogP contribution in [-0.4, -0.2) is 99.6 Å². The number of amides is 3. The Balaban J connectivity index is 4.62. The van der Waals surface area contributed by atoms with Crippen molar-refractivity contribution in [3.63, 3.8) is 0 Å². The van der Waals surface area contributed by atoms with Crippen molar-refractivity contribution in [2.24, 2.45) is 34.4 Å². The highest BCUT2D eigenvalue weighted by Crippen LogP contribution is 2.00. The van der Waals surface area contributed by atoms with Crippen LogP contribution in [0.4, 0.5) is 0 Å². The number of nitrogens with one attached hydrogen (secondary N) is 3. The Kier molecular flexibility index (Phi) is 22.1. The van der Waals surface area contributed by atoms with Crippen LogP contribution in [-0.2, 0) is 14.4 Å². The summed E-state index contributed by atoms with van der Waals surface area (Å²) in [5.74, 6) is -0.610. The van der Waals surface area contributed by atoms with Crippen LogP contribution in [0.2, 0.25) is 0 Å². The van der Waals surface area contributed by atoms with Crippen LogP contribution < -0.4 is 50.4 Å². The first-order valence-corrected chi connectivity index (χ1v) is 13.7. The third-order valence-electron chi connectivity index (χ3n) is 6.10. The summed E-state index contributed by atoms with van der Waals surface area (Å²) in [6.07, 6.45) is 6.67. The third-order valence-corrected chi connectivity index (χ3v) is 6.10.